The van der Waals surface area contributed by atoms with Crippen molar-refractivity contribution in [2.45, 2.75) is 6.42 Å². The highest BCUT2D eigenvalue weighted by Crippen LogP contribution is 2.21. The van der Waals surface area contributed by atoms with Gasteiger partial charge in [0.25, 0.3) is 21.0 Å². The maximum Gasteiger partial charge on any atom is 0.277 e. The summed E-state index contributed by atoms with van der Waals surface area (Å²) in [7, 11) is -2.68. The zero-order valence-corrected chi connectivity index (χ0v) is 11.0. The van der Waals surface area contributed by atoms with Crippen LogP contribution in [0.15, 0.2) is 48.2 Å². The van der Waals surface area contributed by atoms with Crippen LogP contribution in [-0.2, 0) is 16.7 Å². The lowest BCUT2D eigenvalue weighted by atomic mass is 10.0. The lowest BCUT2D eigenvalue weighted by Gasteiger charge is -2.21. The predicted octanol–water partition coefficient (Wildman–Crippen LogP) is -0.0173. The topological polar surface area (TPSA) is 105 Å². The summed E-state index contributed by atoms with van der Waals surface area (Å²) in [6, 6.07) is 6.02. The molecule has 0 spiro atoms. The van der Waals surface area contributed by atoms with Gasteiger partial charge in [-0.2, -0.15) is 8.42 Å². The van der Waals surface area contributed by atoms with Gasteiger partial charge in [-0.15, -0.1) is 0 Å². The summed E-state index contributed by atoms with van der Waals surface area (Å²) in [4.78, 5) is 10.0. The minimum atomic E-state index is -2.68. The second-order valence-electron chi connectivity index (χ2n) is 4.04. The smallest absolute Gasteiger partial charge is 0.277 e. The Morgan fingerprint density at radius 1 is 1.25 bits per heavy atom. The maximum absolute atomic E-state index is 11.6. The molecule has 104 valence electrons. The van der Waals surface area contributed by atoms with E-state index in [1.807, 2.05) is 0 Å². The molecule has 1 aromatic rings. The van der Waals surface area contributed by atoms with Crippen LogP contribution in [0.2, 0.25) is 0 Å². The molecule has 1 N–H and O–H groups in total. The number of para-hydroxylation sites is 1. The number of nitrogens with one attached hydrogen (secondary N) is 1. The van der Waals surface area contributed by atoms with Crippen molar-refractivity contribution < 1.29 is 18.4 Å². The summed E-state index contributed by atoms with van der Waals surface area (Å²) >= 11 is 0. The molecule has 1 aliphatic heterocycles. The van der Waals surface area contributed by atoms with E-state index in [1.54, 1.807) is 6.07 Å². The Hall–Kier alpha value is -2.29. The van der Waals surface area contributed by atoms with E-state index in [-0.39, 0.29) is 22.7 Å². The van der Waals surface area contributed by atoms with Crippen molar-refractivity contribution in [3.05, 3.63) is 69.1 Å². The molecule has 0 bridgehead atoms. The molecular formula is C12H10N2O5S. The number of benzene rings is 1. The van der Waals surface area contributed by atoms with Crippen LogP contribution in [0.3, 0.4) is 0 Å². The Bertz CT molecular complexity index is 741. The van der Waals surface area contributed by atoms with Gasteiger partial charge in [0.1, 0.15) is 6.20 Å². The van der Waals surface area contributed by atoms with Gasteiger partial charge in [-0.1, -0.05) is 18.2 Å². The average molecular weight is 294 g/mol. The number of nitro groups is 1. The zero-order valence-electron chi connectivity index (χ0n) is 10.1. The third kappa shape index (κ3) is 2.82. The first-order valence-corrected chi connectivity index (χ1v) is 6.68. The van der Waals surface area contributed by atoms with Crippen molar-refractivity contribution in [3.8, 4) is 0 Å². The van der Waals surface area contributed by atoms with E-state index in [4.69, 9.17) is 0 Å². The zero-order chi connectivity index (χ0) is 14.7. The molecule has 1 aliphatic rings. The monoisotopic (exact) mass is 294 g/mol. The molecule has 0 amide bonds. The van der Waals surface area contributed by atoms with Gasteiger partial charge in [-0.25, -0.2) is 0 Å². The first kappa shape index (κ1) is 14.1. The minimum absolute atomic E-state index is 0.0105. The van der Waals surface area contributed by atoms with Crippen molar-refractivity contribution in [2.75, 3.05) is 0 Å². The number of hydrogen-bond acceptors (Lipinski definition) is 5. The van der Waals surface area contributed by atoms with Crippen molar-refractivity contribution in [1.82, 2.24) is 0 Å². The van der Waals surface area contributed by atoms with Gasteiger partial charge in [0.05, 0.1) is 4.92 Å². The first-order chi connectivity index (χ1) is 9.50. The number of allylic oxidation sites excluding steroid dienone is 2. The molecule has 0 saturated carbocycles. The summed E-state index contributed by atoms with van der Waals surface area (Å²) in [5, 5.41) is 21.9. The molecule has 0 radical (unpaired) electrons. The van der Waals surface area contributed by atoms with Gasteiger partial charge in [0.2, 0.25) is 0 Å². The highest BCUT2D eigenvalue weighted by Gasteiger charge is 2.22. The maximum atomic E-state index is 11.6. The van der Waals surface area contributed by atoms with Gasteiger partial charge in [0.15, 0.2) is 0 Å². The van der Waals surface area contributed by atoms with Gasteiger partial charge >= 0.3 is 0 Å². The third-order valence-corrected chi connectivity index (χ3v) is 3.59. The van der Waals surface area contributed by atoms with Crippen LogP contribution < -0.4 is 5.06 Å². The molecule has 1 atom stereocenters. The molecule has 0 saturated heterocycles. The van der Waals surface area contributed by atoms with E-state index < -0.39 is 20.3 Å². The standard InChI is InChI=1S/C12H10N2O5S/c15-13-7-3-5-10(12(13)20(18)19)8-9-4-1-2-6-11(9)14(16)17/h1-7,13H,8H2. The van der Waals surface area contributed by atoms with Crippen LogP contribution in [0, 0.1) is 15.3 Å². The lowest BCUT2D eigenvalue weighted by Crippen LogP contribution is -3.06. The van der Waals surface area contributed by atoms with E-state index in [1.165, 1.54) is 30.4 Å². The fourth-order valence-corrected chi connectivity index (χ4v) is 2.52. The van der Waals surface area contributed by atoms with E-state index in [0.29, 0.717) is 5.56 Å². The van der Waals surface area contributed by atoms with E-state index in [2.05, 4.69) is 0 Å². The quantitative estimate of drug-likeness (QED) is 0.365. The summed E-state index contributed by atoms with van der Waals surface area (Å²) in [6.07, 6.45) is 4.07. The SMILES string of the molecule is O=[N+]([O-])c1ccccc1CC1=CC=C[NH+]([O-])C1=S(=O)=O. The molecule has 2 rings (SSSR count). The molecular weight excluding hydrogens is 284 g/mol. The van der Waals surface area contributed by atoms with Crippen LogP contribution >= 0.6 is 0 Å². The van der Waals surface area contributed by atoms with Crippen molar-refractivity contribution in [1.29, 1.82) is 0 Å². The third-order valence-electron chi connectivity index (χ3n) is 2.80. The van der Waals surface area contributed by atoms with Crippen molar-refractivity contribution >= 4 is 21.0 Å². The Morgan fingerprint density at radius 2 is 1.95 bits per heavy atom. The minimum Gasteiger partial charge on any atom is -0.623 e. The lowest BCUT2D eigenvalue weighted by molar-refractivity contribution is -0.680. The average Bonchev–Trinajstić information content (AvgIpc) is 2.38. The number of nitrogens with zero attached hydrogens (tertiary/aromatic N) is 1. The Morgan fingerprint density at radius 3 is 2.60 bits per heavy atom. The van der Waals surface area contributed by atoms with E-state index >= 15 is 0 Å². The number of quaternary nitrogens is 1. The molecule has 0 aliphatic carbocycles. The van der Waals surface area contributed by atoms with Crippen LogP contribution in [0.25, 0.3) is 0 Å². The number of rotatable bonds is 3. The Labute approximate surface area is 115 Å². The molecule has 1 aromatic carbocycles. The van der Waals surface area contributed by atoms with E-state index in [0.717, 1.165) is 6.20 Å². The number of hydrogen-bond donors (Lipinski definition) is 1. The number of hydroxylamine groups is 2. The van der Waals surface area contributed by atoms with Gasteiger partial charge in [0, 0.05) is 23.6 Å². The van der Waals surface area contributed by atoms with Crippen LogP contribution in [-0.4, -0.2) is 18.3 Å². The summed E-state index contributed by atoms with van der Waals surface area (Å²) in [6.45, 7) is 0. The Balaban J connectivity index is 2.45. The fourth-order valence-electron chi connectivity index (χ4n) is 1.93. The van der Waals surface area contributed by atoms with Gasteiger partial charge in [-0.05, 0) is 12.2 Å². The molecule has 1 unspecified atom stereocenters. The second kappa shape index (κ2) is 5.78. The summed E-state index contributed by atoms with van der Waals surface area (Å²) < 4.78 is 22.2. The van der Waals surface area contributed by atoms with Crippen molar-refractivity contribution in [3.63, 3.8) is 0 Å². The fraction of sp³-hybridized carbons (Fsp3) is 0.0833. The highest BCUT2D eigenvalue weighted by atomic mass is 32.2. The summed E-state index contributed by atoms with van der Waals surface area (Å²) in [5.74, 6) is 0. The molecule has 20 heavy (non-hydrogen) atoms. The predicted molar refractivity (Wildman–Crippen MR) is 72.3 cm³/mol. The van der Waals surface area contributed by atoms with Crippen LogP contribution in [0.1, 0.15) is 5.56 Å². The summed E-state index contributed by atoms with van der Waals surface area (Å²) in [5.41, 5.74) is 0.501. The highest BCUT2D eigenvalue weighted by molar-refractivity contribution is 7.72. The molecule has 7 nitrogen and oxygen atoms in total. The van der Waals surface area contributed by atoms with Crippen molar-refractivity contribution in [2.24, 2.45) is 0 Å². The number of nitro benzene ring substituents is 1. The van der Waals surface area contributed by atoms with Gasteiger partial charge in [-0.3, -0.25) is 10.1 Å². The largest absolute Gasteiger partial charge is 0.623 e. The van der Waals surface area contributed by atoms with Gasteiger partial charge < -0.3 is 10.3 Å². The molecule has 8 heteroatoms. The van der Waals surface area contributed by atoms with Crippen LogP contribution in [0.5, 0.6) is 0 Å². The molecule has 1 heterocycles. The molecule has 0 fully saturated rings. The van der Waals surface area contributed by atoms with Crippen LogP contribution in [0.4, 0.5) is 5.69 Å². The Kier molecular flexibility index (Phi) is 4.08. The first-order valence-electron chi connectivity index (χ1n) is 5.61. The second-order valence-corrected chi connectivity index (χ2v) is 4.92. The van der Waals surface area contributed by atoms with E-state index in [9.17, 15) is 23.7 Å². The normalized spacial score (nSPS) is 17.8. The molecule has 0 aromatic heterocycles.